The number of primary amides is 1. The van der Waals surface area contributed by atoms with Gasteiger partial charge in [-0.2, -0.15) is 0 Å². The molecule has 0 saturated carbocycles. The van der Waals surface area contributed by atoms with Crippen molar-refractivity contribution in [1.29, 1.82) is 0 Å². The van der Waals surface area contributed by atoms with Crippen molar-refractivity contribution in [2.75, 3.05) is 7.11 Å². The van der Waals surface area contributed by atoms with Crippen molar-refractivity contribution >= 4 is 17.8 Å². The monoisotopic (exact) mass is 344 g/mol. The third kappa shape index (κ3) is 3.71. The van der Waals surface area contributed by atoms with Crippen molar-refractivity contribution in [3.8, 4) is 0 Å². The van der Waals surface area contributed by atoms with Crippen molar-refractivity contribution in [2.45, 2.75) is 26.4 Å². The number of aromatic nitrogens is 1. The summed E-state index contributed by atoms with van der Waals surface area (Å²) >= 11 is 0. The van der Waals surface area contributed by atoms with Gasteiger partial charge in [0.15, 0.2) is 0 Å². The number of ether oxygens (including phenoxy) is 2. The lowest BCUT2D eigenvalue weighted by Gasteiger charge is -2.14. The minimum atomic E-state index is -1.22. The van der Waals surface area contributed by atoms with Crippen LogP contribution in [0.4, 0.5) is 0 Å². The van der Waals surface area contributed by atoms with Gasteiger partial charge < -0.3 is 20.2 Å². The smallest absolute Gasteiger partial charge is 0.356 e. The van der Waals surface area contributed by atoms with Crippen LogP contribution in [0.5, 0.6) is 0 Å². The van der Waals surface area contributed by atoms with Crippen molar-refractivity contribution < 1.29 is 23.9 Å². The Bertz CT molecular complexity index is 795. The molecule has 25 heavy (non-hydrogen) atoms. The van der Waals surface area contributed by atoms with E-state index in [1.165, 1.54) is 7.11 Å². The molecule has 0 spiro atoms. The molecule has 1 aromatic carbocycles. The molecule has 132 valence electrons. The predicted molar refractivity (Wildman–Crippen MR) is 90.0 cm³/mol. The Balaban J connectivity index is 2.36. The third-order valence-corrected chi connectivity index (χ3v) is 3.86. The number of carbonyl (C=O) groups is 3. The van der Waals surface area contributed by atoms with E-state index >= 15 is 0 Å². The maximum absolute atomic E-state index is 12.5. The Morgan fingerprint density at radius 2 is 1.80 bits per heavy atom. The summed E-state index contributed by atoms with van der Waals surface area (Å²) in [5, 5.41) is 0. The molecular formula is C18H20N2O5. The summed E-state index contributed by atoms with van der Waals surface area (Å²) in [5.41, 5.74) is 7.20. The first-order valence-corrected chi connectivity index (χ1v) is 7.75. The van der Waals surface area contributed by atoms with Crippen LogP contribution in [0.2, 0.25) is 0 Å². The molecule has 0 radical (unpaired) electrons. The summed E-state index contributed by atoms with van der Waals surface area (Å²) in [7, 11) is 1.27. The zero-order valence-electron chi connectivity index (χ0n) is 14.3. The molecule has 2 rings (SSSR count). The number of rotatable bonds is 6. The van der Waals surface area contributed by atoms with Gasteiger partial charge in [-0.15, -0.1) is 0 Å². The highest BCUT2D eigenvalue weighted by atomic mass is 16.5. The van der Waals surface area contributed by atoms with Gasteiger partial charge in [-0.1, -0.05) is 37.3 Å². The SMILES string of the molecule is CCc1[nH]c(C(=O)OC(C(N)=O)c2ccccc2)c(C)c1C(=O)OC. The highest BCUT2D eigenvalue weighted by molar-refractivity contribution is 5.99. The average Bonchev–Trinajstić information content (AvgIpc) is 2.95. The van der Waals surface area contributed by atoms with Crippen LogP contribution >= 0.6 is 0 Å². The minimum Gasteiger partial charge on any atom is -0.465 e. The van der Waals surface area contributed by atoms with E-state index in [4.69, 9.17) is 15.2 Å². The van der Waals surface area contributed by atoms with Gasteiger partial charge >= 0.3 is 11.9 Å². The molecular weight excluding hydrogens is 324 g/mol. The van der Waals surface area contributed by atoms with Gasteiger partial charge in [-0.3, -0.25) is 4.79 Å². The molecule has 1 amide bonds. The second-order valence-electron chi connectivity index (χ2n) is 5.42. The van der Waals surface area contributed by atoms with E-state index in [0.717, 1.165) is 0 Å². The lowest BCUT2D eigenvalue weighted by atomic mass is 10.1. The third-order valence-electron chi connectivity index (χ3n) is 3.86. The normalized spacial score (nSPS) is 11.6. The van der Waals surface area contributed by atoms with Gasteiger partial charge in [0.05, 0.1) is 12.7 Å². The first-order valence-electron chi connectivity index (χ1n) is 7.75. The molecule has 0 saturated heterocycles. The summed E-state index contributed by atoms with van der Waals surface area (Å²) in [5.74, 6) is -2.10. The van der Waals surface area contributed by atoms with Crippen molar-refractivity contribution in [3.63, 3.8) is 0 Å². The lowest BCUT2D eigenvalue weighted by Crippen LogP contribution is -2.26. The molecule has 0 bridgehead atoms. The predicted octanol–water partition coefficient (Wildman–Crippen LogP) is 2.06. The number of amides is 1. The van der Waals surface area contributed by atoms with Crippen LogP contribution in [-0.4, -0.2) is 29.9 Å². The fourth-order valence-electron chi connectivity index (χ4n) is 2.59. The molecule has 0 aliphatic heterocycles. The van der Waals surface area contributed by atoms with Crippen LogP contribution < -0.4 is 5.73 Å². The Morgan fingerprint density at radius 1 is 1.16 bits per heavy atom. The molecule has 0 aliphatic rings. The van der Waals surface area contributed by atoms with Crippen LogP contribution in [0.1, 0.15) is 50.7 Å². The number of hydrogen-bond acceptors (Lipinski definition) is 5. The van der Waals surface area contributed by atoms with Crippen LogP contribution in [0.3, 0.4) is 0 Å². The molecule has 0 aliphatic carbocycles. The Morgan fingerprint density at radius 3 is 2.32 bits per heavy atom. The van der Waals surface area contributed by atoms with Gasteiger partial charge in [-0.25, -0.2) is 9.59 Å². The summed E-state index contributed by atoms with van der Waals surface area (Å²) in [6, 6.07) is 8.48. The number of methoxy groups -OCH3 is 1. The first kappa shape index (κ1) is 18.3. The summed E-state index contributed by atoms with van der Waals surface area (Å²) < 4.78 is 10.1. The topological polar surface area (TPSA) is 111 Å². The summed E-state index contributed by atoms with van der Waals surface area (Å²) in [6.07, 6.45) is -0.723. The second-order valence-corrected chi connectivity index (χ2v) is 5.42. The fraction of sp³-hybridized carbons (Fsp3) is 0.278. The van der Waals surface area contributed by atoms with Crippen molar-refractivity contribution in [2.24, 2.45) is 5.73 Å². The number of benzene rings is 1. The van der Waals surface area contributed by atoms with Crippen LogP contribution in [0.15, 0.2) is 30.3 Å². The molecule has 7 heteroatoms. The van der Waals surface area contributed by atoms with E-state index in [2.05, 4.69) is 4.98 Å². The van der Waals surface area contributed by atoms with Gasteiger partial charge in [-0.05, 0) is 18.9 Å². The van der Waals surface area contributed by atoms with E-state index in [1.54, 1.807) is 37.3 Å². The van der Waals surface area contributed by atoms with Gasteiger partial charge in [0.25, 0.3) is 5.91 Å². The van der Waals surface area contributed by atoms with E-state index in [0.29, 0.717) is 28.8 Å². The molecule has 3 N–H and O–H groups in total. The summed E-state index contributed by atoms with van der Waals surface area (Å²) in [4.78, 5) is 39.0. The van der Waals surface area contributed by atoms with E-state index in [9.17, 15) is 14.4 Å². The Labute approximate surface area is 145 Å². The standard InChI is InChI=1S/C18H20N2O5/c1-4-12-13(17(22)24-3)10(2)14(20-12)18(23)25-15(16(19)21)11-8-6-5-7-9-11/h5-9,15,20H,4H2,1-3H3,(H2,19,21). The van der Waals surface area contributed by atoms with Gasteiger partial charge in [0.2, 0.25) is 6.10 Å². The van der Waals surface area contributed by atoms with E-state index in [1.807, 2.05) is 6.92 Å². The number of aryl methyl sites for hydroxylation is 1. The van der Waals surface area contributed by atoms with Crippen molar-refractivity contribution in [1.82, 2.24) is 4.98 Å². The number of H-pyrrole nitrogens is 1. The minimum absolute atomic E-state index is 0.0967. The van der Waals surface area contributed by atoms with Crippen LogP contribution in [0.25, 0.3) is 0 Å². The maximum Gasteiger partial charge on any atom is 0.356 e. The Kier molecular flexibility index (Phi) is 5.59. The maximum atomic E-state index is 12.5. The number of carbonyl (C=O) groups excluding carboxylic acids is 3. The number of esters is 2. The van der Waals surface area contributed by atoms with Crippen LogP contribution in [0, 0.1) is 6.92 Å². The van der Waals surface area contributed by atoms with E-state index < -0.39 is 23.9 Å². The first-order chi connectivity index (χ1) is 11.9. The largest absolute Gasteiger partial charge is 0.465 e. The zero-order valence-corrected chi connectivity index (χ0v) is 14.3. The molecule has 1 unspecified atom stereocenters. The molecule has 2 aromatic rings. The van der Waals surface area contributed by atoms with Gasteiger partial charge in [0, 0.05) is 11.3 Å². The number of nitrogens with two attached hydrogens (primary N) is 1. The highest BCUT2D eigenvalue weighted by Gasteiger charge is 2.28. The zero-order chi connectivity index (χ0) is 18.6. The van der Waals surface area contributed by atoms with E-state index in [-0.39, 0.29) is 5.69 Å². The number of nitrogens with one attached hydrogen (secondary N) is 1. The van der Waals surface area contributed by atoms with Gasteiger partial charge in [0.1, 0.15) is 5.69 Å². The molecule has 7 nitrogen and oxygen atoms in total. The molecule has 0 fully saturated rings. The second kappa shape index (κ2) is 7.65. The number of hydrogen-bond donors (Lipinski definition) is 2. The van der Waals surface area contributed by atoms with Crippen LogP contribution in [-0.2, 0) is 20.7 Å². The fourth-order valence-corrected chi connectivity index (χ4v) is 2.59. The highest BCUT2D eigenvalue weighted by Crippen LogP contribution is 2.24. The number of aromatic amines is 1. The van der Waals surface area contributed by atoms with Crippen molar-refractivity contribution in [3.05, 3.63) is 58.4 Å². The lowest BCUT2D eigenvalue weighted by molar-refractivity contribution is -0.127. The quantitative estimate of drug-likeness (QED) is 0.779. The molecule has 1 heterocycles. The average molecular weight is 344 g/mol. The molecule has 1 aromatic heterocycles. The summed E-state index contributed by atoms with van der Waals surface area (Å²) in [6.45, 7) is 3.45. The molecule has 1 atom stereocenters. The Hall–Kier alpha value is -3.09.